The Morgan fingerprint density at radius 1 is 0.875 bits per heavy atom. The third kappa shape index (κ3) is 4.29. The molecule has 0 rings (SSSR count). The van der Waals surface area contributed by atoms with E-state index in [-0.39, 0.29) is 6.42 Å². The van der Waals surface area contributed by atoms with E-state index in [0.717, 1.165) is 0 Å². The Bertz CT molecular complexity index is 489. The summed E-state index contributed by atoms with van der Waals surface area (Å²) in [6.45, 7) is 0.741. The van der Waals surface area contributed by atoms with Crippen molar-refractivity contribution in [3.63, 3.8) is 0 Å². The molecule has 0 heterocycles. The van der Waals surface area contributed by atoms with Crippen molar-refractivity contribution in [1.29, 1.82) is 0 Å². The van der Waals surface area contributed by atoms with Gasteiger partial charge in [0.05, 0.1) is 13.0 Å². The summed E-state index contributed by atoms with van der Waals surface area (Å²) >= 11 is 0. The topological polar surface area (TPSA) is 26.3 Å². The zero-order chi connectivity index (χ0) is 19.6. The fourth-order valence-corrected chi connectivity index (χ4v) is 1.24. The fraction of sp³-hybridized carbons (Fsp3) is 0.727. The molecule has 0 atom stereocenters. The van der Waals surface area contributed by atoms with Crippen molar-refractivity contribution in [3.8, 4) is 0 Å². The van der Waals surface area contributed by atoms with Gasteiger partial charge in [0.1, 0.15) is 5.57 Å². The number of ether oxygens (including phenoxy) is 1. The minimum atomic E-state index is -7.23. The van der Waals surface area contributed by atoms with Crippen molar-refractivity contribution >= 4 is 5.97 Å². The van der Waals surface area contributed by atoms with Crippen LogP contribution < -0.4 is 0 Å². The van der Waals surface area contributed by atoms with Crippen molar-refractivity contribution in [1.82, 2.24) is 0 Å². The first kappa shape index (κ1) is 22.4. The van der Waals surface area contributed by atoms with Crippen LogP contribution in [0.3, 0.4) is 0 Å². The average molecular weight is 382 g/mol. The molecule has 0 saturated heterocycles. The summed E-state index contributed by atoms with van der Waals surface area (Å²) in [4.78, 5) is 11.0. The quantitative estimate of drug-likeness (QED) is 0.354. The van der Waals surface area contributed by atoms with Crippen LogP contribution in [0.4, 0.5) is 48.3 Å². The van der Waals surface area contributed by atoms with Gasteiger partial charge in [-0.25, -0.2) is 4.79 Å². The highest BCUT2D eigenvalue weighted by Gasteiger charge is 2.81. The molecule has 0 unspecified atom stereocenters. The number of alkyl halides is 9. The van der Waals surface area contributed by atoms with E-state index in [9.17, 15) is 53.1 Å². The molecule has 2 nitrogen and oxygen atoms in total. The Balaban J connectivity index is 5.73. The van der Waals surface area contributed by atoms with Gasteiger partial charge in [0, 0.05) is 0 Å². The second kappa shape index (κ2) is 7.13. The van der Waals surface area contributed by atoms with Gasteiger partial charge in [-0.3, -0.25) is 0 Å². The average Bonchev–Trinajstić information content (AvgIpc) is 2.40. The van der Waals surface area contributed by atoms with Crippen LogP contribution >= 0.6 is 0 Å². The lowest BCUT2D eigenvalue weighted by Gasteiger charge is -2.33. The minimum absolute atomic E-state index is 0.00558. The smallest absolute Gasteiger partial charge is 0.460 e. The summed E-state index contributed by atoms with van der Waals surface area (Å²) in [5.74, 6) is -22.9. The first-order valence-electron chi connectivity index (χ1n) is 5.94. The van der Waals surface area contributed by atoms with Crippen LogP contribution in [0.2, 0.25) is 0 Å². The van der Waals surface area contributed by atoms with Crippen molar-refractivity contribution in [2.24, 2.45) is 0 Å². The zero-order valence-electron chi connectivity index (χ0n) is 11.6. The number of hydrogen-bond acceptors (Lipinski definition) is 2. The van der Waals surface area contributed by atoms with E-state index in [4.69, 9.17) is 0 Å². The molecule has 0 aromatic carbocycles. The summed E-state index contributed by atoms with van der Waals surface area (Å²) in [5, 5.41) is 0. The van der Waals surface area contributed by atoms with E-state index in [1.165, 1.54) is 6.92 Å². The first-order valence-corrected chi connectivity index (χ1v) is 5.94. The number of carbonyl (C=O) groups excluding carboxylic acids is 1. The molecule has 0 fully saturated rings. The highest BCUT2D eigenvalue weighted by atomic mass is 19.4. The first-order chi connectivity index (χ1) is 10.5. The van der Waals surface area contributed by atoms with Gasteiger partial charge in [0.25, 0.3) is 6.08 Å². The monoisotopic (exact) mass is 382 g/mol. The molecule has 0 aliphatic heterocycles. The van der Waals surface area contributed by atoms with E-state index >= 15 is 0 Å². The van der Waals surface area contributed by atoms with Crippen LogP contribution in [0.5, 0.6) is 0 Å². The second-order valence-corrected chi connectivity index (χ2v) is 4.40. The molecule has 0 amide bonds. The maximum absolute atomic E-state index is 13.2. The maximum Gasteiger partial charge on any atom is 0.460 e. The van der Waals surface area contributed by atoms with Gasteiger partial charge in [-0.1, -0.05) is 6.92 Å². The Morgan fingerprint density at radius 3 is 1.67 bits per heavy atom. The summed E-state index contributed by atoms with van der Waals surface area (Å²) in [6.07, 6.45) is -13.4. The molecule has 0 aliphatic rings. The van der Waals surface area contributed by atoms with Crippen molar-refractivity contribution < 1.29 is 57.8 Å². The Labute approximate surface area is 127 Å². The van der Waals surface area contributed by atoms with Gasteiger partial charge in [0.15, 0.2) is 0 Å². The predicted molar refractivity (Wildman–Crippen MR) is 56.0 cm³/mol. The molecule has 0 aromatic rings. The van der Waals surface area contributed by atoms with Gasteiger partial charge >= 0.3 is 29.9 Å². The highest BCUT2D eigenvalue weighted by Crippen LogP contribution is 2.54. The molecule has 0 aromatic heterocycles. The number of rotatable bonds is 7. The van der Waals surface area contributed by atoms with Gasteiger partial charge < -0.3 is 4.74 Å². The lowest BCUT2D eigenvalue weighted by molar-refractivity contribution is -0.395. The zero-order valence-corrected chi connectivity index (χ0v) is 11.6. The van der Waals surface area contributed by atoms with Crippen LogP contribution in [0.1, 0.15) is 19.8 Å². The SMILES string of the molecule is CCCOC(=O)C(CC(F)(F)C(F)(F)C(F)(F)C(F)(F)F)=C(F)F. The standard InChI is InChI=1S/C11H9F11O2/c1-2-3-24-7(23)5(6(12)13)4-8(14,15)9(16,17)10(18,19)11(20,21)22/h2-4H2,1H3. The molecule has 0 aliphatic carbocycles. The van der Waals surface area contributed by atoms with E-state index in [2.05, 4.69) is 4.74 Å². The van der Waals surface area contributed by atoms with Crippen molar-refractivity contribution in [3.05, 3.63) is 11.7 Å². The third-order valence-corrected chi connectivity index (χ3v) is 2.52. The normalized spacial score (nSPS) is 13.7. The number of halogens is 11. The molecule has 0 spiro atoms. The van der Waals surface area contributed by atoms with Gasteiger partial charge in [-0.05, 0) is 6.42 Å². The molecular formula is C11H9F11O2. The molecule has 24 heavy (non-hydrogen) atoms. The Kier molecular flexibility index (Phi) is 6.67. The van der Waals surface area contributed by atoms with Gasteiger partial charge in [-0.2, -0.15) is 48.3 Å². The molecule has 13 heteroatoms. The summed E-state index contributed by atoms with van der Waals surface area (Å²) in [5.41, 5.74) is -2.42. The largest absolute Gasteiger partial charge is 0.462 e. The van der Waals surface area contributed by atoms with E-state index < -0.39 is 54.6 Å². The van der Waals surface area contributed by atoms with Gasteiger partial charge in [-0.15, -0.1) is 0 Å². The summed E-state index contributed by atoms with van der Waals surface area (Å²) < 4.78 is 142. The number of carbonyl (C=O) groups is 1. The Morgan fingerprint density at radius 2 is 1.33 bits per heavy atom. The van der Waals surface area contributed by atoms with Gasteiger partial charge in [0.2, 0.25) is 0 Å². The summed E-state index contributed by atoms with van der Waals surface area (Å²) in [6, 6.07) is 0. The van der Waals surface area contributed by atoms with E-state index in [1.54, 1.807) is 0 Å². The maximum atomic E-state index is 13.2. The summed E-state index contributed by atoms with van der Waals surface area (Å²) in [7, 11) is 0. The van der Waals surface area contributed by atoms with Crippen LogP contribution in [0.25, 0.3) is 0 Å². The molecule has 142 valence electrons. The van der Waals surface area contributed by atoms with Crippen LogP contribution in [0, 0.1) is 0 Å². The van der Waals surface area contributed by atoms with Crippen molar-refractivity contribution in [2.75, 3.05) is 6.61 Å². The molecule has 0 radical (unpaired) electrons. The number of esters is 1. The molecular weight excluding hydrogens is 373 g/mol. The molecule has 0 saturated carbocycles. The lowest BCUT2D eigenvalue weighted by Crippen LogP contribution is -2.61. The van der Waals surface area contributed by atoms with E-state index in [0.29, 0.717) is 0 Å². The van der Waals surface area contributed by atoms with Crippen LogP contribution in [-0.4, -0.2) is 36.5 Å². The predicted octanol–water partition coefficient (Wildman–Crippen LogP) is 4.95. The highest BCUT2D eigenvalue weighted by molar-refractivity contribution is 5.88. The third-order valence-electron chi connectivity index (χ3n) is 2.52. The Hall–Kier alpha value is -1.56. The molecule has 0 bridgehead atoms. The molecule has 0 N–H and O–H groups in total. The fourth-order valence-electron chi connectivity index (χ4n) is 1.24. The van der Waals surface area contributed by atoms with E-state index in [1.807, 2.05) is 0 Å². The lowest BCUT2D eigenvalue weighted by atomic mass is 9.97. The van der Waals surface area contributed by atoms with Crippen LogP contribution in [-0.2, 0) is 9.53 Å². The number of hydrogen-bond donors (Lipinski definition) is 0. The van der Waals surface area contributed by atoms with Crippen LogP contribution in [0.15, 0.2) is 11.7 Å². The second-order valence-electron chi connectivity index (χ2n) is 4.40. The minimum Gasteiger partial charge on any atom is -0.462 e. The van der Waals surface area contributed by atoms with Crippen molar-refractivity contribution in [2.45, 2.75) is 43.7 Å².